The Morgan fingerprint density at radius 1 is 1.15 bits per heavy atom. The van der Waals surface area contributed by atoms with Gasteiger partial charge >= 0.3 is 0 Å². The Hall–Kier alpha value is -0.970. The first-order valence-electron chi connectivity index (χ1n) is 9.50. The van der Waals surface area contributed by atoms with Gasteiger partial charge < -0.3 is 4.90 Å². The van der Waals surface area contributed by atoms with Crippen molar-refractivity contribution >= 4 is 38.5 Å². The summed E-state index contributed by atoms with van der Waals surface area (Å²) < 4.78 is 7.16. The van der Waals surface area contributed by atoms with Gasteiger partial charge in [-0.25, -0.2) is 0 Å². The van der Waals surface area contributed by atoms with Crippen LogP contribution < -0.4 is 4.90 Å². The fourth-order valence-corrected chi connectivity index (χ4v) is 6.22. The molecule has 2 atom stereocenters. The fourth-order valence-electron chi connectivity index (χ4n) is 3.80. The molecule has 0 aromatic heterocycles. The number of benzene rings is 2. The average molecular weight is 435 g/mol. The lowest BCUT2D eigenvalue weighted by Gasteiger charge is -2.34. The molecule has 2 nitrogen and oxygen atoms in total. The molecule has 2 aromatic carbocycles. The lowest BCUT2D eigenvalue weighted by Crippen LogP contribution is -2.38. The van der Waals surface area contributed by atoms with Gasteiger partial charge in [0, 0.05) is 22.1 Å². The summed E-state index contributed by atoms with van der Waals surface area (Å²) in [7, 11) is 1.87. The zero-order valence-corrected chi connectivity index (χ0v) is 18.4. The number of rotatable bonds is 6. The molecule has 0 fully saturated rings. The molecule has 0 amide bonds. The molecule has 0 N–H and O–H groups in total. The molecule has 0 aliphatic carbocycles. The molecule has 0 bridgehead atoms. The van der Waals surface area contributed by atoms with Gasteiger partial charge in [0.05, 0.1) is 7.11 Å². The van der Waals surface area contributed by atoms with Crippen LogP contribution in [0, 0.1) is 5.41 Å². The molecule has 1 aliphatic heterocycles. The first-order valence-corrected chi connectivity index (χ1v) is 11.6. The van der Waals surface area contributed by atoms with Crippen LogP contribution in [-0.4, -0.2) is 19.4 Å². The van der Waals surface area contributed by atoms with E-state index in [1.54, 1.807) is 0 Å². The lowest BCUT2D eigenvalue weighted by atomic mass is 9.81. The van der Waals surface area contributed by atoms with Crippen molar-refractivity contribution in [1.82, 2.24) is 0 Å². The van der Waals surface area contributed by atoms with Crippen LogP contribution in [0.15, 0.2) is 57.9 Å². The average Bonchev–Trinajstić information content (AvgIpc) is 2.82. The number of hydrogen-bond donors (Lipinski definition) is 0. The van der Waals surface area contributed by atoms with E-state index < -0.39 is 0 Å². The van der Waals surface area contributed by atoms with E-state index in [-0.39, 0.29) is 16.6 Å². The van der Waals surface area contributed by atoms with Gasteiger partial charge in [0.25, 0.3) is 0 Å². The van der Waals surface area contributed by atoms with Crippen molar-refractivity contribution in [2.45, 2.75) is 44.4 Å². The number of nitrogens with zero attached hydrogens (tertiary/aromatic N) is 1. The van der Waals surface area contributed by atoms with E-state index in [1.165, 1.54) is 42.0 Å². The molecule has 0 spiro atoms. The topological polar surface area (TPSA) is 12.5 Å². The van der Waals surface area contributed by atoms with Crippen molar-refractivity contribution < 1.29 is 4.18 Å². The summed E-state index contributed by atoms with van der Waals surface area (Å²) in [4.78, 5) is 3.84. The summed E-state index contributed by atoms with van der Waals surface area (Å²) in [6.07, 6.45) is 4.95. The second-order valence-corrected chi connectivity index (χ2v) is 9.82. The molecule has 2 unspecified atom stereocenters. The third kappa shape index (κ3) is 4.13. The van der Waals surface area contributed by atoms with E-state index >= 15 is 0 Å². The Balaban J connectivity index is 2.13. The molecular formula is C22H29BrNOS+. The van der Waals surface area contributed by atoms with Gasteiger partial charge in [0.2, 0.25) is 4.90 Å². The van der Waals surface area contributed by atoms with Crippen molar-refractivity contribution in [3.8, 4) is 0 Å². The molecule has 0 saturated heterocycles. The molecular weight excluding hydrogens is 406 g/mol. The van der Waals surface area contributed by atoms with Crippen LogP contribution >= 0.6 is 15.9 Å². The molecule has 4 heteroatoms. The first kappa shape index (κ1) is 19.8. The zero-order chi connectivity index (χ0) is 18.6. The van der Waals surface area contributed by atoms with Crippen LogP contribution in [0.3, 0.4) is 0 Å². The normalized spacial score (nSPS) is 22.8. The number of para-hydroxylation sites is 1. The van der Waals surface area contributed by atoms with Crippen LogP contribution in [0.5, 0.6) is 0 Å². The van der Waals surface area contributed by atoms with E-state index in [2.05, 4.69) is 83.2 Å². The molecule has 1 heterocycles. The van der Waals surface area contributed by atoms with Crippen molar-refractivity contribution in [2.24, 2.45) is 5.41 Å². The van der Waals surface area contributed by atoms with Gasteiger partial charge in [-0.3, -0.25) is 0 Å². The van der Waals surface area contributed by atoms with Crippen LogP contribution in [0.1, 0.15) is 39.5 Å². The van der Waals surface area contributed by atoms with E-state index in [4.69, 9.17) is 4.18 Å². The lowest BCUT2D eigenvalue weighted by molar-refractivity contribution is 0.288. The second kappa shape index (κ2) is 8.81. The van der Waals surface area contributed by atoms with Gasteiger partial charge in [0.1, 0.15) is 5.69 Å². The minimum Gasteiger partial charge on any atom is -0.337 e. The summed E-state index contributed by atoms with van der Waals surface area (Å²) in [6.45, 7) is 5.68. The minimum absolute atomic E-state index is 0.182. The number of anilines is 2. The van der Waals surface area contributed by atoms with Crippen molar-refractivity contribution in [1.29, 1.82) is 0 Å². The third-order valence-corrected chi connectivity index (χ3v) is 8.07. The van der Waals surface area contributed by atoms with Gasteiger partial charge in [-0.15, -0.1) is 0 Å². The summed E-state index contributed by atoms with van der Waals surface area (Å²) in [5.41, 5.74) is 2.82. The van der Waals surface area contributed by atoms with Crippen LogP contribution in [0.2, 0.25) is 0 Å². The zero-order valence-electron chi connectivity index (χ0n) is 16.0. The highest BCUT2D eigenvalue weighted by Gasteiger charge is 2.45. The highest BCUT2D eigenvalue weighted by Crippen LogP contribution is 2.45. The Morgan fingerprint density at radius 3 is 2.58 bits per heavy atom. The highest BCUT2D eigenvalue weighted by atomic mass is 79.9. The Labute approximate surface area is 169 Å². The molecule has 0 radical (unpaired) electrons. The Morgan fingerprint density at radius 2 is 1.92 bits per heavy atom. The van der Waals surface area contributed by atoms with Gasteiger partial charge in [-0.2, -0.15) is 4.18 Å². The monoisotopic (exact) mass is 434 g/mol. The van der Waals surface area contributed by atoms with E-state index in [0.29, 0.717) is 0 Å². The molecule has 1 aliphatic rings. The van der Waals surface area contributed by atoms with Gasteiger partial charge in [-0.05, 0) is 43.2 Å². The standard InChI is InChI=1S/C22H29BrNOS/c1-4-6-14-22(5-2)16-24(19-10-8-7-9-11-19)20-15-18(23)12-13-21(20)26(17-22)25-3/h7-13,15H,4-6,14,16-17H2,1-3H3/q+1. The second-order valence-electron chi connectivity index (χ2n) is 7.15. The molecule has 0 saturated carbocycles. The van der Waals surface area contributed by atoms with E-state index in [1.807, 2.05) is 7.11 Å². The fraction of sp³-hybridized carbons (Fsp3) is 0.455. The largest absolute Gasteiger partial charge is 0.337 e. The maximum absolute atomic E-state index is 6.04. The summed E-state index contributed by atoms with van der Waals surface area (Å²) in [5.74, 6) is 1.11. The SMILES string of the molecule is CCCCC1(CC)CN(c2ccccc2)c2cc(Br)ccc2[S+](OC)C1. The molecule has 26 heavy (non-hydrogen) atoms. The number of halogens is 1. The predicted octanol–water partition coefficient (Wildman–Crippen LogP) is 6.73. The smallest absolute Gasteiger partial charge is 0.213 e. The van der Waals surface area contributed by atoms with Crippen LogP contribution in [0.4, 0.5) is 11.4 Å². The third-order valence-electron chi connectivity index (χ3n) is 5.47. The van der Waals surface area contributed by atoms with E-state index in [9.17, 15) is 0 Å². The number of unbranched alkanes of at least 4 members (excludes halogenated alkanes) is 1. The maximum Gasteiger partial charge on any atom is 0.213 e. The molecule has 140 valence electrons. The van der Waals surface area contributed by atoms with Gasteiger partial charge in [0.15, 0.2) is 16.9 Å². The minimum atomic E-state index is -0.182. The van der Waals surface area contributed by atoms with Crippen molar-refractivity contribution in [2.75, 3.05) is 24.3 Å². The number of fused-ring (bicyclic) bond motifs is 1. The van der Waals surface area contributed by atoms with Crippen molar-refractivity contribution in [3.05, 3.63) is 53.0 Å². The summed E-state index contributed by atoms with van der Waals surface area (Å²) in [6, 6.07) is 17.4. The van der Waals surface area contributed by atoms with Crippen LogP contribution in [0.25, 0.3) is 0 Å². The van der Waals surface area contributed by atoms with Crippen molar-refractivity contribution in [3.63, 3.8) is 0 Å². The Bertz CT molecular complexity index is 723. The summed E-state index contributed by atoms with van der Waals surface area (Å²) >= 11 is 3.50. The highest BCUT2D eigenvalue weighted by molar-refractivity contribution is 9.10. The van der Waals surface area contributed by atoms with Gasteiger partial charge in [-0.1, -0.05) is 60.8 Å². The quantitative estimate of drug-likeness (QED) is 0.467. The first-order chi connectivity index (χ1) is 12.6. The molecule has 3 rings (SSSR count). The maximum atomic E-state index is 6.04. The summed E-state index contributed by atoms with van der Waals surface area (Å²) in [5, 5.41) is 0. The Kier molecular flexibility index (Phi) is 6.70. The predicted molar refractivity (Wildman–Crippen MR) is 117 cm³/mol. The molecule has 2 aromatic rings. The van der Waals surface area contributed by atoms with Crippen LogP contribution in [-0.2, 0) is 15.4 Å². The van der Waals surface area contributed by atoms with E-state index in [0.717, 1.165) is 16.8 Å². The number of hydrogen-bond acceptors (Lipinski definition) is 2.